The van der Waals surface area contributed by atoms with Gasteiger partial charge in [0, 0.05) is 12.1 Å². The maximum atomic E-state index is 12.9. The maximum absolute atomic E-state index is 12.9. The largest absolute Gasteiger partial charge is 0.484 e. The Hall–Kier alpha value is -4.21. The van der Waals surface area contributed by atoms with Crippen LogP contribution in [0.2, 0.25) is 0 Å². The number of aromatic amines is 2. The number of benzene rings is 2. The Morgan fingerprint density at radius 1 is 1.06 bits per heavy atom. The van der Waals surface area contributed by atoms with Gasteiger partial charge >= 0.3 is 11.1 Å². The van der Waals surface area contributed by atoms with E-state index in [0.29, 0.717) is 34.7 Å². The molecule has 3 heterocycles. The molecule has 0 radical (unpaired) electrons. The van der Waals surface area contributed by atoms with Crippen LogP contribution in [-0.2, 0) is 4.79 Å². The van der Waals surface area contributed by atoms with E-state index in [9.17, 15) is 14.4 Å². The Labute approximate surface area is 187 Å². The second kappa shape index (κ2) is 8.73. The smallest absolute Gasteiger partial charge is 0.314 e. The minimum Gasteiger partial charge on any atom is -0.484 e. The quantitative estimate of drug-likeness (QED) is 0.449. The van der Waals surface area contributed by atoms with Gasteiger partial charge < -0.3 is 24.1 Å². The summed E-state index contributed by atoms with van der Waals surface area (Å²) < 4.78 is 11.1. The SMILES string of the molecule is O=C(COc1ccccc1)N1CCCC[C@@H]1c1noc(-c2ccc3[nH]c(=O)c(=O)[nH]c3c2)n1. The summed E-state index contributed by atoms with van der Waals surface area (Å²) in [6.45, 7) is 0.525. The van der Waals surface area contributed by atoms with Crippen molar-refractivity contribution in [1.82, 2.24) is 25.0 Å². The molecule has 0 unspecified atom stereocenters. The first kappa shape index (κ1) is 20.7. The number of nitrogens with zero attached hydrogens (tertiary/aromatic N) is 3. The zero-order valence-corrected chi connectivity index (χ0v) is 17.6. The van der Waals surface area contributed by atoms with Gasteiger partial charge in [0.15, 0.2) is 12.4 Å². The van der Waals surface area contributed by atoms with Gasteiger partial charge in [-0.05, 0) is 49.6 Å². The van der Waals surface area contributed by atoms with E-state index in [1.54, 1.807) is 35.2 Å². The summed E-state index contributed by atoms with van der Waals surface area (Å²) >= 11 is 0. The molecule has 1 fully saturated rings. The van der Waals surface area contributed by atoms with E-state index in [2.05, 4.69) is 20.1 Å². The summed E-state index contributed by atoms with van der Waals surface area (Å²) in [6.07, 6.45) is 2.57. The van der Waals surface area contributed by atoms with Crippen molar-refractivity contribution in [3.8, 4) is 17.2 Å². The minimum atomic E-state index is -0.736. The average Bonchev–Trinajstić information content (AvgIpc) is 3.34. The lowest BCUT2D eigenvalue weighted by molar-refractivity contribution is -0.137. The zero-order valence-electron chi connectivity index (χ0n) is 17.6. The first-order valence-corrected chi connectivity index (χ1v) is 10.7. The van der Waals surface area contributed by atoms with Gasteiger partial charge in [-0.3, -0.25) is 14.4 Å². The van der Waals surface area contributed by atoms with Crippen molar-refractivity contribution in [2.75, 3.05) is 13.2 Å². The van der Waals surface area contributed by atoms with Gasteiger partial charge in [-0.1, -0.05) is 23.4 Å². The Balaban J connectivity index is 1.36. The van der Waals surface area contributed by atoms with E-state index < -0.39 is 11.1 Å². The van der Waals surface area contributed by atoms with Crippen LogP contribution in [0.25, 0.3) is 22.5 Å². The fourth-order valence-electron chi connectivity index (χ4n) is 3.98. The van der Waals surface area contributed by atoms with Crippen molar-refractivity contribution in [2.45, 2.75) is 25.3 Å². The second-order valence-corrected chi connectivity index (χ2v) is 7.83. The summed E-state index contributed by atoms with van der Waals surface area (Å²) in [7, 11) is 0. The third-order valence-electron chi connectivity index (χ3n) is 5.64. The van der Waals surface area contributed by atoms with E-state index in [1.807, 2.05) is 18.2 Å². The number of nitrogens with one attached hydrogen (secondary N) is 2. The van der Waals surface area contributed by atoms with E-state index in [4.69, 9.17) is 9.26 Å². The Kier molecular flexibility index (Phi) is 5.47. The van der Waals surface area contributed by atoms with Crippen LogP contribution in [0.4, 0.5) is 0 Å². The van der Waals surface area contributed by atoms with Crippen LogP contribution >= 0.6 is 0 Å². The topological polar surface area (TPSA) is 134 Å². The molecule has 1 saturated heterocycles. The molecule has 4 aromatic rings. The highest BCUT2D eigenvalue weighted by molar-refractivity contribution is 5.79. The fourth-order valence-corrected chi connectivity index (χ4v) is 3.98. The van der Waals surface area contributed by atoms with Crippen molar-refractivity contribution < 1.29 is 14.1 Å². The van der Waals surface area contributed by atoms with Crippen LogP contribution < -0.4 is 15.9 Å². The van der Waals surface area contributed by atoms with Crippen LogP contribution in [0, 0.1) is 0 Å². The number of hydrogen-bond acceptors (Lipinski definition) is 7. The molecule has 1 amide bonds. The maximum Gasteiger partial charge on any atom is 0.314 e. The monoisotopic (exact) mass is 447 g/mol. The van der Waals surface area contributed by atoms with Gasteiger partial charge in [0.25, 0.3) is 11.8 Å². The molecule has 2 aromatic carbocycles. The highest BCUT2D eigenvalue weighted by Gasteiger charge is 2.32. The number of para-hydroxylation sites is 1. The molecular weight excluding hydrogens is 426 g/mol. The number of carbonyl (C=O) groups excluding carboxylic acids is 1. The first-order valence-electron chi connectivity index (χ1n) is 10.7. The number of fused-ring (bicyclic) bond motifs is 1. The highest BCUT2D eigenvalue weighted by Crippen LogP contribution is 2.31. The van der Waals surface area contributed by atoms with Crippen LogP contribution in [0.1, 0.15) is 31.1 Å². The predicted octanol–water partition coefficient (Wildman–Crippen LogP) is 2.40. The van der Waals surface area contributed by atoms with Crippen molar-refractivity contribution in [2.24, 2.45) is 0 Å². The number of piperidine rings is 1. The highest BCUT2D eigenvalue weighted by atomic mass is 16.5. The lowest BCUT2D eigenvalue weighted by Gasteiger charge is -2.33. The lowest BCUT2D eigenvalue weighted by Crippen LogP contribution is -2.41. The van der Waals surface area contributed by atoms with Gasteiger partial charge in [0.2, 0.25) is 0 Å². The standard InChI is InChI=1S/C23H21N5O5/c29-19(13-32-15-6-2-1-3-7-15)28-11-5-4-8-18(28)20-26-23(33-27-20)14-9-10-16-17(12-14)25-22(31)21(30)24-16/h1-3,6-7,9-10,12,18H,4-5,8,11,13H2,(H,24,30)(H,25,31)/t18-/m1/s1. The molecule has 0 aliphatic carbocycles. The molecule has 10 heteroatoms. The number of ether oxygens (including phenoxy) is 1. The fraction of sp³-hybridized carbons (Fsp3) is 0.261. The number of rotatable bonds is 5. The summed E-state index contributed by atoms with van der Waals surface area (Å²) in [6, 6.07) is 13.9. The third kappa shape index (κ3) is 4.27. The number of H-pyrrole nitrogens is 2. The van der Waals surface area contributed by atoms with E-state index in [1.165, 1.54) is 0 Å². The van der Waals surface area contributed by atoms with Gasteiger partial charge in [-0.25, -0.2) is 0 Å². The van der Waals surface area contributed by atoms with Crippen LogP contribution in [0.3, 0.4) is 0 Å². The van der Waals surface area contributed by atoms with Gasteiger partial charge in [-0.15, -0.1) is 0 Å². The number of hydrogen-bond donors (Lipinski definition) is 2. The molecule has 0 spiro atoms. The Morgan fingerprint density at radius 3 is 2.67 bits per heavy atom. The number of likely N-dealkylation sites (tertiary alicyclic amines) is 1. The normalized spacial score (nSPS) is 16.1. The van der Waals surface area contributed by atoms with Gasteiger partial charge in [0.05, 0.1) is 17.1 Å². The van der Waals surface area contributed by atoms with Crippen molar-refractivity contribution in [3.05, 3.63) is 75.1 Å². The molecule has 1 atom stereocenters. The van der Waals surface area contributed by atoms with Crippen LogP contribution in [0.5, 0.6) is 5.75 Å². The van der Waals surface area contributed by atoms with Crippen LogP contribution in [0.15, 0.2) is 62.6 Å². The molecule has 5 rings (SSSR count). The molecule has 0 saturated carbocycles. The molecule has 1 aliphatic heterocycles. The molecule has 10 nitrogen and oxygen atoms in total. The Bertz CT molecular complexity index is 1410. The third-order valence-corrected chi connectivity index (χ3v) is 5.64. The van der Waals surface area contributed by atoms with E-state index in [0.717, 1.165) is 19.3 Å². The van der Waals surface area contributed by atoms with Crippen molar-refractivity contribution in [1.29, 1.82) is 0 Å². The molecule has 2 N–H and O–H groups in total. The molecule has 0 bridgehead atoms. The summed E-state index contributed by atoms with van der Waals surface area (Å²) in [5.74, 6) is 1.18. The average molecular weight is 447 g/mol. The van der Waals surface area contributed by atoms with Crippen molar-refractivity contribution in [3.63, 3.8) is 0 Å². The molecular formula is C23H21N5O5. The minimum absolute atomic E-state index is 0.0680. The summed E-state index contributed by atoms with van der Waals surface area (Å²) in [4.78, 5) is 47.3. The summed E-state index contributed by atoms with van der Waals surface area (Å²) in [5, 5.41) is 4.13. The zero-order chi connectivity index (χ0) is 22.8. The van der Waals surface area contributed by atoms with Crippen molar-refractivity contribution >= 4 is 16.9 Å². The molecule has 168 valence electrons. The predicted molar refractivity (Wildman–Crippen MR) is 119 cm³/mol. The first-order chi connectivity index (χ1) is 16.1. The van der Waals surface area contributed by atoms with Gasteiger partial charge in [-0.2, -0.15) is 4.98 Å². The number of amides is 1. The van der Waals surface area contributed by atoms with E-state index >= 15 is 0 Å². The summed E-state index contributed by atoms with van der Waals surface area (Å²) in [5.41, 5.74) is 0.0774. The van der Waals surface area contributed by atoms with Crippen LogP contribution in [-0.4, -0.2) is 44.1 Å². The number of aromatic nitrogens is 4. The lowest BCUT2D eigenvalue weighted by atomic mass is 10.0. The number of carbonyl (C=O) groups is 1. The molecule has 1 aliphatic rings. The van der Waals surface area contributed by atoms with E-state index in [-0.39, 0.29) is 24.4 Å². The Morgan fingerprint density at radius 2 is 1.85 bits per heavy atom. The molecule has 2 aromatic heterocycles. The van der Waals surface area contributed by atoms with Gasteiger partial charge in [0.1, 0.15) is 5.75 Å². The molecule has 33 heavy (non-hydrogen) atoms. The second-order valence-electron chi connectivity index (χ2n) is 7.83.